The first kappa shape index (κ1) is 17.1. The van der Waals surface area contributed by atoms with Gasteiger partial charge in [0.15, 0.2) is 6.10 Å². The Morgan fingerprint density at radius 2 is 2.00 bits per heavy atom. The fourth-order valence-corrected chi connectivity index (χ4v) is 2.99. The lowest BCUT2D eigenvalue weighted by atomic mass is 10.0. The monoisotopic (exact) mass is 345 g/mol. The Kier molecular flexibility index (Phi) is 5.06. The Hall–Kier alpha value is -2.77. The molecule has 0 spiro atoms. The SMILES string of the molecule is C[C@@H](OC(=O)CC1CCCC1)c1nnc(-c2ccc([N+](=O)[O-])cc2)o1. The van der Waals surface area contributed by atoms with Crippen molar-refractivity contribution in [1.82, 2.24) is 10.2 Å². The van der Waals surface area contributed by atoms with Crippen LogP contribution in [0.1, 0.15) is 51.0 Å². The molecule has 2 aromatic rings. The molecule has 25 heavy (non-hydrogen) atoms. The molecule has 1 saturated carbocycles. The number of rotatable bonds is 6. The van der Waals surface area contributed by atoms with Gasteiger partial charge >= 0.3 is 5.97 Å². The number of nitro benzene ring substituents is 1. The summed E-state index contributed by atoms with van der Waals surface area (Å²) >= 11 is 0. The summed E-state index contributed by atoms with van der Waals surface area (Å²) in [5.74, 6) is 0.587. The lowest BCUT2D eigenvalue weighted by Gasteiger charge is -2.12. The van der Waals surface area contributed by atoms with E-state index in [0.29, 0.717) is 17.9 Å². The predicted octanol–water partition coefficient (Wildman–Crippen LogP) is 3.83. The second-order valence-corrected chi connectivity index (χ2v) is 6.24. The van der Waals surface area contributed by atoms with Crippen LogP contribution < -0.4 is 0 Å². The lowest BCUT2D eigenvalue weighted by Crippen LogP contribution is -2.12. The van der Waals surface area contributed by atoms with Crippen molar-refractivity contribution in [2.45, 2.75) is 45.1 Å². The van der Waals surface area contributed by atoms with Crippen LogP contribution in [0.4, 0.5) is 5.69 Å². The van der Waals surface area contributed by atoms with Gasteiger partial charge in [-0.25, -0.2) is 0 Å². The molecule has 0 aliphatic heterocycles. The fourth-order valence-electron chi connectivity index (χ4n) is 2.99. The van der Waals surface area contributed by atoms with Gasteiger partial charge in [-0.1, -0.05) is 12.8 Å². The molecule has 1 fully saturated rings. The van der Waals surface area contributed by atoms with E-state index in [-0.39, 0.29) is 23.4 Å². The third kappa shape index (κ3) is 4.20. The van der Waals surface area contributed by atoms with E-state index in [1.165, 1.54) is 37.1 Å². The minimum absolute atomic E-state index is 0.0160. The van der Waals surface area contributed by atoms with Crippen molar-refractivity contribution < 1.29 is 18.9 Å². The number of carbonyl (C=O) groups excluding carboxylic acids is 1. The van der Waals surface area contributed by atoms with Gasteiger partial charge in [0.1, 0.15) is 0 Å². The van der Waals surface area contributed by atoms with Crippen molar-refractivity contribution in [2.24, 2.45) is 5.92 Å². The molecule has 1 aliphatic carbocycles. The molecule has 1 aliphatic rings. The molecular formula is C17H19N3O5. The third-order valence-corrected chi connectivity index (χ3v) is 4.35. The highest BCUT2D eigenvalue weighted by molar-refractivity contribution is 5.70. The summed E-state index contributed by atoms with van der Waals surface area (Å²) in [5.41, 5.74) is 0.548. The van der Waals surface area contributed by atoms with Gasteiger partial charge in [-0.15, -0.1) is 10.2 Å². The molecule has 0 radical (unpaired) electrons. The maximum atomic E-state index is 12.0. The van der Waals surface area contributed by atoms with Gasteiger partial charge in [-0.3, -0.25) is 14.9 Å². The van der Waals surface area contributed by atoms with Crippen LogP contribution in [-0.2, 0) is 9.53 Å². The van der Waals surface area contributed by atoms with Gasteiger partial charge in [0.05, 0.1) is 4.92 Å². The zero-order valence-electron chi connectivity index (χ0n) is 13.9. The molecular weight excluding hydrogens is 326 g/mol. The highest BCUT2D eigenvalue weighted by Crippen LogP contribution is 2.29. The van der Waals surface area contributed by atoms with E-state index < -0.39 is 11.0 Å². The van der Waals surface area contributed by atoms with Crippen LogP contribution in [-0.4, -0.2) is 21.1 Å². The molecule has 0 bridgehead atoms. The van der Waals surface area contributed by atoms with E-state index in [4.69, 9.17) is 9.15 Å². The average molecular weight is 345 g/mol. The first-order chi connectivity index (χ1) is 12.0. The van der Waals surface area contributed by atoms with E-state index in [1.54, 1.807) is 6.92 Å². The standard InChI is InChI=1S/C17H19N3O5/c1-11(24-15(21)10-12-4-2-3-5-12)16-18-19-17(25-16)13-6-8-14(9-7-13)20(22)23/h6-9,11-12H,2-5,10H2,1H3/t11-/m1/s1. The molecule has 132 valence electrons. The number of nitrogens with zero attached hydrogens (tertiary/aromatic N) is 3. The van der Waals surface area contributed by atoms with Crippen molar-refractivity contribution in [3.8, 4) is 11.5 Å². The summed E-state index contributed by atoms with van der Waals surface area (Å²) in [6.45, 7) is 1.68. The molecule has 1 atom stereocenters. The number of hydrogen-bond acceptors (Lipinski definition) is 7. The first-order valence-electron chi connectivity index (χ1n) is 8.30. The van der Waals surface area contributed by atoms with Crippen molar-refractivity contribution in [1.29, 1.82) is 0 Å². The number of aromatic nitrogens is 2. The smallest absolute Gasteiger partial charge is 0.306 e. The molecule has 3 rings (SSSR count). The van der Waals surface area contributed by atoms with Crippen LogP contribution in [0.25, 0.3) is 11.5 Å². The summed E-state index contributed by atoms with van der Waals surface area (Å²) in [5, 5.41) is 18.5. The lowest BCUT2D eigenvalue weighted by molar-refractivity contribution is -0.384. The van der Waals surface area contributed by atoms with E-state index in [9.17, 15) is 14.9 Å². The van der Waals surface area contributed by atoms with Gasteiger partial charge in [0.25, 0.3) is 11.6 Å². The predicted molar refractivity (Wildman–Crippen MR) is 87.5 cm³/mol. The normalized spacial score (nSPS) is 15.9. The Morgan fingerprint density at radius 3 is 2.64 bits per heavy atom. The molecule has 0 N–H and O–H groups in total. The zero-order chi connectivity index (χ0) is 17.8. The Morgan fingerprint density at radius 1 is 1.32 bits per heavy atom. The topological polar surface area (TPSA) is 108 Å². The van der Waals surface area contributed by atoms with Crippen LogP contribution >= 0.6 is 0 Å². The van der Waals surface area contributed by atoms with Crippen molar-refractivity contribution >= 4 is 11.7 Å². The summed E-state index contributed by atoms with van der Waals surface area (Å²) in [6.07, 6.45) is 4.30. The number of carbonyl (C=O) groups is 1. The molecule has 1 aromatic carbocycles. The quantitative estimate of drug-likeness (QED) is 0.444. The summed E-state index contributed by atoms with van der Waals surface area (Å²) in [7, 11) is 0. The van der Waals surface area contributed by atoms with Gasteiger partial charge in [0.2, 0.25) is 5.89 Å². The fraction of sp³-hybridized carbons (Fsp3) is 0.471. The molecule has 0 saturated heterocycles. The number of benzene rings is 1. The average Bonchev–Trinajstić information content (AvgIpc) is 3.26. The number of non-ortho nitro benzene ring substituents is 1. The number of ether oxygens (including phenoxy) is 1. The third-order valence-electron chi connectivity index (χ3n) is 4.35. The molecule has 1 heterocycles. The number of esters is 1. The summed E-state index contributed by atoms with van der Waals surface area (Å²) in [4.78, 5) is 22.2. The second-order valence-electron chi connectivity index (χ2n) is 6.24. The zero-order valence-corrected chi connectivity index (χ0v) is 13.9. The summed E-state index contributed by atoms with van der Waals surface area (Å²) in [6, 6.07) is 5.80. The molecule has 0 amide bonds. The van der Waals surface area contributed by atoms with Crippen LogP contribution in [0.3, 0.4) is 0 Å². The van der Waals surface area contributed by atoms with Crippen molar-refractivity contribution in [3.05, 3.63) is 40.3 Å². The van der Waals surface area contributed by atoms with Gasteiger partial charge in [-0.2, -0.15) is 0 Å². The Bertz CT molecular complexity index is 750. The van der Waals surface area contributed by atoms with Crippen LogP contribution in [0.15, 0.2) is 28.7 Å². The number of nitro groups is 1. The van der Waals surface area contributed by atoms with Crippen molar-refractivity contribution in [2.75, 3.05) is 0 Å². The van der Waals surface area contributed by atoms with E-state index in [0.717, 1.165) is 12.8 Å². The Labute approximate surface area is 144 Å². The van der Waals surface area contributed by atoms with Crippen LogP contribution in [0.5, 0.6) is 0 Å². The minimum Gasteiger partial charge on any atom is -0.453 e. The van der Waals surface area contributed by atoms with Gasteiger partial charge in [-0.05, 0) is 37.8 Å². The van der Waals surface area contributed by atoms with Gasteiger partial charge in [0, 0.05) is 24.1 Å². The molecule has 8 nitrogen and oxygen atoms in total. The second kappa shape index (κ2) is 7.42. The maximum absolute atomic E-state index is 12.0. The van der Waals surface area contributed by atoms with Crippen LogP contribution in [0.2, 0.25) is 0 Å². The maximum Gasteiger partial charge on any atom is 0.306 e. The first-order valence-corrected chi connectivity index (χ1v) is 8.30. The molecule has 1 aromatic heterocycles. The molecule has 8 heteroatoms. The highest BCUT2D eigenvalue weighted by Gasteiger charge is 2.23. The highest BCUT2D eigenvalue weighted by atomic mass is 16.6. The van der Waals surface area contributed by atoms with Crippen LogP contribution in [0, 0.1) is 16.0 Å². The van der Waals surface area contributed by atoms with E-state index in [1.807, 2.05) is 0 Å². The minimum atomic E-state index is -0.631. The van der Waals surface area contributed by atoms with Gasteiger partial charge < -0.3 is 9.15 Å². The largest absolute Gasteiger partial charge is 0.453 e. The summed E-state index contributed by atoms with van der Waals surface area (Å²) < 4.78 is 10.9. The Balaban J connectivity index is 1.61. The van der Waals surface area contributed by atoms with E-state index >= 15 is 0 Å². The number of hydrogen-bond donors (Lipinski definition) is 0. The molecule has 0 unspecified atom stereocenters. The van der Waals surface area contributed by atoms with Crippen molar-refractivity contribution in [3.63, 3.8) is 0 Å². The van der Waals surface area contributed by atoms with E-state index in [2.05, 4.69) is 10.2 Å².